The molecule has 5 nitrogen and oxygen atoms in total. The predicted octanol–water partition coefficient (Wildman–Crippen LogP) is 0.270. The number of hydrogen-bond donors (Lipinski definition) is 1. The monoisotopic (exact) mass is 207 g/mol. The van der Waals surface area contributed by atoms with Gasteiger partial charge < -0.3 is 15.0 Å². The number of ether oxygens (including phenoxy) is 1. The first-order valence-electron chi connectivity index (χ1n) is 4.75. The van der Waals surface area contributed by atoms with E-state index in [1.54, 1.807) is 19.4 Å². The Bertz CT molecular complexity index is 392. The molecule has 1 aromatic rings. The molecule has 0 aromatic carbocycles. The van der Waals surface area contributed by atoms with Crippen molar-refractivity contribution in [2.45, 2.75) is 0 Å². The molecular weight excluding hydrogens is 194 g/mol. The van der Waals surface area contributed by atoms with E-state index in [-0.39, 0.29) is 5.91 Å². The number of nitrogens with one attached hydrogen (secondary N) is 1. The molecule has 1 aliphatic rings. The fourth-order valence-corrected chi connectivity index (χ4v) is 1.58. The summed E-state index contributed by atoms with van der Waals surface area (Å²) in [6.07, 6.45) is 1.55. The van der Waals surface area contributed by atoms with Crippen molar-refractivity contribution in [3.8, 4) is 5.88 Å². The summed E-state index contributed by atoms with van der Waals surface area (Å²) in [6.45, 7) is 1.43. The lowest BCUT2D eigenvalue weighted by atomic mass is 10.2. The molecule has 1 amide bonds. The zero-order chi connectivity index (χ0) is 10.8. The Morgan fingerprint density at radius 1 is 1.60 bits per heavy atom. The first-order valence-corrected chi connectivity index (χ1v) is 4.75. The molecule has 0 radical (unpaired) electrons. The van der Waals surface area contributed by atoms with Crippen molar-refractivity contribution in [3.05, 3.63) is 17.8 Å². The molecule has 0 aliphatic carbocycles. The third-order valence-corrected chi connectivity index (χ3v) is 2.45. The Labute approximate surface area is 88.1 Å². The zero-order valence-electron chi connectivity index (χ0n) is 8.78. The van der Waals surface area contributed by atoms with Crippen LogP contribution in [0.4, 0.5) is 5.69 Å². The van der Waals surface area contributed by atoms with E-state index in [1.807, 2.05) is 11.9 Å². The average Bonchev–Trinajstić information content (AvgIpc) is 2.40. The molecule has 0 unspecified atom stereocenters. The van der Waals surface area contributed by atoms with Crippen LogP contribution in [0, 0.1) is 0 Å². The summed E-state index contributed by atoms with van der Waals surface area (Å²) in [5.74, 6) is 0.444. The molecule has 80 valence electrons. The first-order chi connectivity index (χ1) is 7.22. The Balaban J connectivity index is 2.50. The summed E-state index contributed by atoms with van der Waals surface area (Å²) < 4.78 is 5.04. The second kappa shape index (κ2) is 3.76. The van der Waals surface area contributed by atoms with Crippen LogP contribution in [0.1, 0.15) is 10.4 Å². The summed E-state index contributed by atoms with van der Waals surface area (Å²) in [4.78, 5) is 17.7. The number of fused-ring (bicyclic) bond motifs is 1. The highest BCUT2D eigenvalue weighted by molar-refractivity contribution is 6.00. The number of amides is 1. The SMILES string of the molecule is COc1cc2c(cn1)C(=O)NCCN2C. The van der Waals surface area contributed by atoms with Crippen molar-refractivity contribution in [3.63, 3.8) is 0 Å². The molecule has 1 N–H and O–H groups in total. The topological polar surface area (TPSA) is 54.5 Å². The standard InChI is InChI=1S/C10H13N3O2/c1-13-4-3-11-10(14)7-6-12-9(15-2)5-8(7)13/h5-6H,3-4H2,1-2H3,(H,11,14). The third-order valence-electron chi connectivity index (χ3n) is 2.45. The largest absolute Gasteiger partial charge is 0.481 e. The van der Waals surface area contributed by atoms with E-state index in [0.717, 1.165) is 12.2 Å². The Morgan fingerprint density at radius 3 is 3.13 bits per heavy atom. The lowest BCUT2D eigenvalue weighted by molar-refractivity contribution is 0.0957. The quantitative estimate of drug-likeness (QED) is 0.718. The summed E-state index contributed by atoms with van der Waals surface area (Å²) in [5, 5.41) is 2.81. The lowest BCUT2D eigenvalue weighted by Crippen LogP contribution is -2.27. The first kappa shape index (κ1) is 9.76. The van der Waals surface area contributed by atoms with Crippen molar-refractivity contribution in [2.24, 2.45) is 0 Å². The second-order valence-corrected chi connectivity index (χ2v) is 3.42. The molecule has 0 atom stereocenters. The second-order valence-electron chi connectivity index (χ2n) is 3.42. The Kier molecular flexibility index (Phi) is 2.45. The molecule has 0 bridgehead atoms. The predicted molar refractivity (Wildman–Crippen MR) is 56.4 cm³/mol. The van der Waals surface area contributed by atoms with Gasteiger partial charge >= 0.3 is 0 Å². The van der Waals surface area contributed by atoms with Crippen LogP contribution in [0.25, 0.3) is 0 Å². The number of carbonyl (C=O) groups excluding carboxylic acids is 1. The van der Waals surface area contributed by atoms with Crippen LogP contribution in [-0.4, -0.2) is 38.1 Å². The van der Waals surface area contributed by atoms with Gasteiger partial charge in [0.2, 0.25) is 5.88 Å². The molecule has 1 aromatic heterocycles. The number of aromatic nitrogens is 1. The van der Waals surface area contributed by atoms with Crippen molar-refractivity contribution in [2.75, 3.05) is 32.1 Å². The Hall–Kier alpha value is -1.78. The van der Waals surface area contributed by atoms with Crippen LogP contribution < -0.4 is 15.0 Å². The number of nitrogens with zero attached hydrogens (tertiary/aromatic N) is 2. The number of methoxy groups -OCH3 is 1. The van der Waals surface area contributed by atoms with Gasteiger partial charge in [0.1, 0.15) is 0 Å². The van der Waals surface area contributed by atoms with Crippen LogP contribution in [0.3, 0.4) is 0 Å². The highest BCUT2D eigenvalue weighted by Gasteiger charge is 2.19. The van der Waals surface area contributed by atoms with Gasteiger partial charge in [0.15, 0.2) is 0 Å². The average molecular weight is 207 g/mol. The van der Waals surface area contributed by atoms with Crippen LogP contribution >= 0.6 is 0 Å². The number of pyridine rings is 1. The molecule has 2 heterocycles. The zero-order valence-corrected chi connectivity index (χ0v) is 8.78. The van der Waals surface area contributed by atoms with Gasteiger partial charge in [-0.2, -0.15) is 0 Å². The van der Waals surface area contributed by atoms with Gasteiger partial charge in [0.05, 0.1) is 18.4 Å². The number of hydrogen-bond acceptors (Lipinski definition) is 4. The van der Waals surface area contributed by atoms with Crippen LogP contribution in [0.2, 0.25) is 0 Å². The van der Waals surface area contributed by atoms with Gasteiger partial charge in [-0.1, -0.05) is 0 Å². The number of carbonyl (C=O) groups is 1. The molecule has 0 saturated carbocycles. The van der Waals surface area contributed by atoms with Gasteiger partial charge in [-0.05, 0) is 0 Å². The Morgan fingerprint density at radius 2 is 2.40 bits per heavy atom. The molecule has 2 rings (SSSR count). The highest BCUT2D eigenvalue weighted by atomic mass is 16.5. The minimum Gasteiger partial charge on any atom is -0.481 e. The van der Waals surface area contributed by atoms with Crippen molar-refractivity contribution in [1.82, 2.24) is 10.3 Å². The third kappa shape index (κ3) is 1.72. The van der Waals surface area contributed by atoms with Crippen molar-refractivity contribution in [1.29, 1.82) is 0 Å². The number of anilines is 1. The maximum absolute atomic E-state index is 11.6. The molecular formula is C10H13N3O2. The number of rotatable bonds is 1. The summed E-state index contributed by atoms with van der Waals surface area (Å²) in [5.41, 5.74) is 1.45. The van der Waals surface area contributed by atoms with Gasteiger partial charge in [-0.15, -0.1) is 0 Å². The molecule has 0 fully saturated rings. The van der Waals surface area contributed by atoms with Gasteiger partial charge in [-0.25, -0.2) is 4.98 Å². The van der Waals surface area contributed by atoms with Crippen molar-refractivity contribution >= 4 is 11.6 Å². The molecule has 0 saturated heterocycles. The normalized spacial score (nSPS) is 15.3. The van der Waals surface area contributed by atoms with E-state index >= 15 is 0 Å². The molecule has 0 spiro atoms. The fourth-order valence-electron chi connectivity index (χ4n) is 1.58. The number of likely N-dealkylation sites (N-methyl/N-ethyl adjacent to an activating group) is 1. The minimum absolute atomic E-state index is 0.0792. The van der Waals surface area contributed by atoms with E-state index in [4.69, 9.17) is 4.74 Å². The van der Waals surface area contributed by atoms with E-state index in [9.17, 15) is 4.79 Å². The summed E-state index contributed by atoms with van der Waals surface area (Å²) in [6, 6.07) is 1.78. The van der Waals surface area contributed by atoms with Gasteiger partial charge in [0.25, 0.3) is 5.91 Å². The van der Waals surface area contributed by atoms with Crippen LogP contribution in [0.15, 0.2) is 12.3 Å². The summed E-state index contributed by atoms with van der Waals surface area (Å²) in [7, 11) is 3.50. The smallest absolute Gasteiger partial charge is 0.255 e. The fraction of sp³-hybridized carbons (Fsp3) is 0.400. The summed E-state index contributed by atoms with van der Waals surface area (Å²) >= 11 is 0. The van der Waals surface area contributed by atoms with E-state index in [1.165, 1.54) is 0 Å². The molecule has 5 heteroatoms. The maximum Gasteiger partial charge on any atom is 0.255 e. The van der Waals surface area contributed by atoms with Crippen LogP contribution in [-0.2, 0) is 0 Å². The van der Waals surface area contributed by atoms with E-state index < -0.39 is 0 Å². The van der Waals surface area contributed by atoms with E-state index in [0.29, 0.717) is 18.0 Å². The molecule has 15 heavy (non-hydrogen) atoms. The highest BCUT2D eigenvalue weighted by Crippen LogP contribution is 2.24. The van der Waals surface area contributed by atoms with Crippen LogP contribution in [0.5, 0.6) is 5.88 Å². The van der Waals surface area contributed by atoms with E-state index in [2.05, 4.69) is 10.3 Å². The van der Waals surface area contributed by atoms with Gasteiger partial charge in [-0.3, -0.25) is 4.79 Å². The minimum atomic E-state index is -0.0792. The van der Waals surface area contributed by atoms with Crippen molar-refractivity contribution < 1.29 is 9.53 Å². The lowest BCUT2D eigenvalue weighted by Gasteiger charge is -2.17. The molecule has 1 aliphatic heterocycles. The maximum atomic E-state index is 11.6. The van der Waals surface area contributed by atoms with Gasteiger partial charge in [0, 0.05) is 32.4 Å².